The summed E-state index contributed by atoms with van der Waals surface area (Å²) in [7, 11) is 0. The minimum Gasteiger partial charge on any atom is -0.324 e. The van der Waals surface area contributed by atoms with Crippen molar-refractivity contribution < 1.29 is 0 Å². The van der Waals surface area contributed by atoms with E-state index in [2.05, 4.69) is 37.0 Å². The van der Waals surface area contributed by atoms with Crippen LogP contribution in [-0.4, -0.2) is 19.6 Å². The summed E-state index contributed by atoms with van der Waals surface area (Å²) in [5, 5.41) is 8.94. The molecule has 0 bridgehead atoms. The number of aromatic nitrogens is 4. The average Bonchev–Trinajstić information content (AvgIpc) is 3.05. The molecule has 0 amide bonds. The number of rotatable bonds is 6. The van der Waals surface area contributed by atoms with Crippen molar-refractivity contribution in [1.29, 1.82) is 0 Å². The largest absolute Gasteiger partial charge is 0.324 e. The third kappa shape index (κ3) is 3.04. The van der Waals surface area contributed by atoms with Gasteiger partial charge >= 0.3 is 0 Å². The number of aryl methyl sites for hydroxylation is 2. The zero-order chi connectivity index (χ0) is 13.8. The van der Waals surface area contributed by atoms with Crippen LogP contribution in [-0.2, 0) is 19.5 Å². The molecule has 1 unspecified atom stereocenters. The Kier molecular flexibility index (Phi) is 4.37. The monoisotopic (exact) mass is 261 g/mol. The first kappa shape index (κ1) is 13.8. The molecule has 104 valence electrons. The Morgan fingerprint density at radius 2 is 2.11 bits per heavy atom. The van der Waals surface area contributed by atoms with E-state index in [-0.39, 0.29) is 6.04 Å². The van der Waals surface area contributed by atoms with Crippen LogP contribution in [0.4, 0.5) is 0 Å². The Morgan fingerprint density at radius 1 is 1.32 bits per heavy atom. The van der Waals surface area contributed by atoms with E-state index in [1.807, 2.05) is 21.8 Å². The molecule has 5 heteroatoms. The van der Waals surface area contributed by atoms with Crippen molar-refractivity contribution in [2.75, 3.05) is 0 Å². The zero-order valence-corrected chi connectivity index (χ0v) is 12.0. The van der Waals surface area contributed by atoms with Gasteiger partial charge in [-0.15, -0.1) is 0 Å². The fourth-order valence-corrected chi connectivity index (χ4v) is 2.15. The first-order valence-electron chi connectivity index (χ1n) is 7.01. The van der Waals surface area contributed by atoms with Crippen LogP contribution in [0.2, 0.25) is 0 Å². The average molecular weight is 261 g/mol. The van der Waals surface area contributed by atoms with Crippen molar-refractivity contribution in [2.45, 2.75) is 52.7 Å². The van der Waals surface area contributed by atoms with E-state index in [0.29, 0.717) is 0 Å². The molecule has 2 aromatic heterocycles. The lowest BCUT2D eigenvalue weighted by atomic mass is 10.1. The lowest BCUT2D eigenvalue weighted by Gasteiger charge is -2.05. The molecule has 19 heavy (non-hydrogen) atoms. The van der Waals surface area contributed by atoms with Crippen molar-refractivity contribution >= 4 is 0 Å². The van der Waals surface area contributed by atoms with Gasteiger partial charge in [-0.05, 0) is 25.8 Å². The third-order valence-corrected chi connectivity index (χ3v) is 3.42. The molecule has 0 spiro atoms. The van der Waals surface area contributed by atoms with Crippen LogP contribution < -0.4 is 5.73 Å². The van der Waals surface area contributed by atoms with Crippen molar-refractivity contribution in [1.82, 2.24) is 19.6 Å². The summed E-state index contributed by atoms with van der Waals surface area (Å²) >= 11 is 0. The minimum atomic E-state index is 0.0797. The lowest BCUT2D eigenvalue weighted by Crippen LogP contribution is -2.09. The van der Waals surface area contributed by atoms with E-state index in [0.717, 1.165) is 37.2 Å². The van der Waals surface area contributed by atoms with Gasteiger partial charge < -0.3 is 5.73 Å². The summed E-state index contributed by atoms with van der Waals surface area (Å²) in [4.78, 5) is 0. The maximum absolute atomic E-state index is 6.01. The lowest BCUT2D eigenvalue weighted by molar-refractivity contribution is 0.573. The van der Waals surface area contributed by atoms with Crippen LogP contribution in [0.3, 0.4) is 0 Å². The zero-order valence-electron chi connectivity index (χ0n) is 12.0. The molecular formula is C14H23N5. The van der Waals surface area contributed by atoms with Crippen molar-refractivity contribution in [3.8, 4) is 0 Å². The fraction of sp³-hybridized carbons (Fsp3) is 0.571. The van der Waals surface area contributed by atoms with Crippen LogP contribution in [0.15, 0.2) is 18.5 Å². The molecule has 1 atom stereocenters. The highest BCUT2D eigenvalue weighted by molar-refractivity contribution is 5.13. The number of hydrogen-bond donors (Lipinski definition) is 1. The van der Waals surface area contributed by atoms with E-state index >= 15 is 0 Å². The van der Waals surface area contributed by atoms with Gasteiger partial charge in [0.05, 0.1) is 24.1 Å². The summed E-state index contributed by atoms with van der Waals surface area (Å²) in [5.41, 5.74) is 9.44. The fourth-order valence-electron chi connectivity index (χ4n) is 2.15. The first-order valence-corrected chi connectivity index (χ1v) is 7.01. The second-order valence-corrected chi connectivity index (χ2v) is 4.78. The molecule has 0 saturated heterocycles. The summed E-state index contributed by atoms with van der Waals surface area (Å²) < 4.78 is 3.98. The molecule has 2 rings (SSSR count). The Hall–Kier alpha value is -1.62. The van der Waals surface area contributed by atoms with Gasteiger partial charge in [0.25, 0.3) is 0 Å². The van der Waals surface area contributed by atoms with Gasteiger partial charge in [-0.2, -0.15) is 10.2 Å². The molecule has 0 fully saturated rings. The van der Waals surface area contributed by atoms with Crippen LogP contribution >= 0.6 is 0 Å². The summed E-state index contributed by atoms with van der Waals surface area (Å²) in [6.45, 7) is 7.95. The van der Waals surface area contributed by atoms with Gasteiger partial charge in [0.15, 0.2) is 0 Å². The maximum Gasteiger partial charge on any atom is 0.0828 e. The highest BCUT2D eigenvalue weighted by atomic mass is 15.3. The standard InChI is InChI=1S/C14H23N5/c1-4-12-7-13(19(6-3)17-12)10-18-9-11(8-16-18)14(15)5-2/h7-9,14H,4-6,10,15H2,1-3H3. The van der Waals surface area contributed by atoms with Crippen molar-refractivity contribution in [2.24, 2.45) is 5.73 Å². The number of nitrogens with zero attached hydrogens (tertiary/aromatic N) is 4. The first-order chi connectivity index (χ1) is 9.17. The molecular weight excluding hydrogens is 238 g/mol. The normalized spacial score (nSPS) is 12.8. The van der Waals surface area contributed by atoms with E-state index in [4.69, 9.17) is 5.73 Å². The van der Waals surface area contributed by atoms with E-state index in [1.54, 1.807) is 0 Å². The van der Waals surface area contributed by atoms with Gasteiger partial charge in [0.1, 0.15) is 0 Å². The predicted molar refractivity (Wildman–Crippen MR) is 75.8 cm³/mol. The van der Waals surface area contributed by atoms with Gasteiger partial charge in [-0.3, -0.25) is 9.36 Å². The summed E-state index contributed by atoms with van der Waals surface area (Å²) in [6.07, 6.45) is 5.79. The second-order valence-electron chi connectivity index (χ2n) is 4.78. The molecule has 0 saturated carbocycles. The molecule has 0 aliphatic heterocycles. The molecule has 2 aromatic rings. The topological polar surface area (TPSA) is 61.7 Å². The third-order valence-electron chi connectivity index (χ3n) is 3.42. The quantitative estimate of drug-likeness (QED) is 0.866. The molecule has 2 N–H and O–H groups in total. The van der Waals surface area contributed by atoms with E-state index in [1.165, 1.54) is 5.69 Å². The van der Waals surface area contributed by atoms with Gasteiger partial charge in [-0.1, -0.05) is 13.8 Å². The molecule has 0 aromatic carbocycles. The highest BCUT2D eigenvalue weighted by Crippen LogP contribution is 2.13. The molecule has 2 heterocycles. The van der Waals surface area contributed by atoms with Crippen LogP contribution in [0.5, 0.6) is 0 Å². The van der Waals surface area contributed by atoms with Crippen LogP contribution in [0.1, 0.15) is 50.2 Å². The Morgan fingerprint density at radius 3 is 2.74 bits per heavy atom. The summed E-state index contributed by atoms with van der Waals surface area (Å²) in [6, 6.07) is 2.24. The maximum atomic E-state index is 6.01. The van der Waals surface area contributed by atoms with E-state index in [9.17, 15) is 0 Å². The smallest absolute Gasteiger partial charge is 0.0828 e. The second kappa shape index (κ2) is 6.02. The van der Waals surface area contributed by atoms with Crippen molar-refractivity contribution in [3.05, 3.63) is 35.4 Å². The molecule has 0 radical (unpaired) electrons. The Balaban J connectivity index is 2.16. The SMILES string of the molecule is CCc1cc(Cn2cc(C(N)CC)cn2)n(CC)n1. The van der Waals surface area contributed by atoms with Crippen LogP contribution in [0.25, 0.3) is 0 Å². The molecule has 0 aliphatic carbocycles. The van der Waals surface area contributed by atoms with Gasteiger partial charge in [0.2, 0.25) is 0 Å². The van der Waals surface area contributed by atoms with Crippen LogP contribution in [0, 0.1) is 0 Å². The Labute approximate surface area is 114 Å². The molecule has 5 nitrogen and oxygen atoms in total. The predicted octanol–water partition coefficient (Wildman–Crippen LogP) is 2.12. The summed E-state index contributed by atoms with van der Waals surface area (Å²) in [5.74, 6) is 0. The minimum absolute atomic E-state index is 0.0797. The highest BCUT2D eigenvalue weighted by Gasteiger charge is 2.09. The number of hydrogen-bond acceptors (Lipinski definition) is 3. The number of nitrogens with two attached hydrogens (primary N) is 1. The van der Waals surface area contributed by atoms with Gasteiger partial charge in [-0.25, -0.2) is 0 Å². The van der Waals surface area contributed by atoms with Gasteiger partial charge in [0, 0.05) is 24.3 Å². The van der Waals surface area contributed by atoms with E-state index < -0.39 is 0 Å². The molecule has 0 aliphatic rings. The van der Waals surface area contributed by atoms with Crippen molar-refractivity contribution in [3.63, 3.8) is 0 Å². The Bertz CT molecular complexity index is 526.